The Hall–Kier alpha value is -0.120. The molecule has 1 rings (SSSR count). The minimum Gasteiger partial charge on any atom is -0.379 e. The van der Waals surface area contributed by atoms with Crippen LogP contribution in [0.25, 0.3) is 0 Å². The third kappa shape index (κ3) is 4.49. The topological polar surface area (TPSA) is 15.7 Å². The highest BCUT2D eigenvalue weighted by molar-refractivity contribution is 4.80. The van der Waals surface area contributed by atoms with Gasteiger partial charge in [-0.05, 0) is 19.5 Å². The van der Waals surface area contributed by atoms with Crippen molar-refractivity contribution in [2.24, 2.45) is 0 Å². The second-order valence-corrected chi connectivity index (χ2v) is 4.41. The van der Waals surface area contributed by atoms with Crippen molar-refractivity contribution in [1.82, 2.24) is 9.80 Å². The van der Waals surface area contributed by atoms with E-state index < -0.39 is 0 Å². The zero-order chi connectivity index (χ0) is 11.1. The van der Waals surface area contributed by atoms with Crippen molar-refractivity contribution in [2.45, 2.75) is 32.8 Å². The van der Waals surface area contributed by atoms with Crippen LogP contribution in [0.1, 0.15) is 26.7 Å². The summed E-state index contributed by atoms with van der Waals surface area (Å²) in [5.41, 5.74) is 0. The highest BCUT2D eigenvalue weighted by atomic mass is 16.5. The van der Waals surface area contributed by atoms with Gasteiger partial charge in [0.2, 0.25) is 0 Å². The van der Waals surface area contributed by atoms with Crippen LogP contribution in [0.4, 0.5) is 0 Å². The van der Waals surface area contributed by atoms with E-state index in [4.69, 9.17) is 4.74 Å². The molecule has 0 atom stereocenters. The van der Waals surface area contributed by atoms with Gasteiger partial charge in [-0.3, -0.25) is 4.90 Å². The summed E-state index contributed by atoms with van der Waals surface area (Å²) in [6.45, 7) is 11.6. The Labute approximate surface area is 94.4 Å². The molecular formula is C12H26N2O. The molecule has 0 amide bonds. The fourth-order valence-electron chi connectivity index (χ4n) is 1.95. The van der Waals surface area contributed by atoms with Crippen LogP contribution in [-0.2, 0) is 4.74 Å². The van der Waals surface area contributed by atoms with E-state index in [1.54, 1.807) is 0 Å². The first-order valence-electron chi connectivity index (χ1n) is 6.27. The van der Waals surface area contributed by atoms with Crippen molar-refractivity contribution < 1.29 is 4.74 Å². The Morgan fingerprint density at radius 2 is 2.00 bits per heavy atom. The highest BCUT2D eigenvalue weighted by Crippen LogP contribution is 2.10. The number of hydrogen-bond donors (Lipinski definition) is 0. The average Bonchev–Trinajstić information content (AvgIpc) is 2.20. The van der Waals surface area contributed by atoms with Crippen molar-refractivity contribution in [1.29, 1.82) is 0 Å². The zero-order valence-electron chi connectivity index (χ0n) is 10.5. The number of nitrogens with zero attached hydrogens (tertiary/aromatic N) is 2. The zero-order valence-corrected chi connectivity index (χ0v) is 10.5. The Morgan fingerprint density at radius 1 is 1.27 bits per heavy atom. The molecule has 0 aromatic carbocycles. The Kier molecular flexibility index (Phi) is 6.22. The van der Waals surface area contributed by atoms with Crippen LogP contribution in [-0.4, -0.2) is 62.3 Å². The summed E-state index contributed by atoms with van der Waals surface area (Å²) < 4.78 is 5.26. The first-order valence-corrected chi connectivity index (χ1v) is 6.27. The maximum atomic E-state index is 5.26. The molecule has 1 aliphatic rings. The fraction of sp³-hybridized carbons (Fsp3) is 1.00. The lowest BCUT2D eigenvalue weighted by molar-refractivity contribution is -0.0321. The largest absolute Gasteiger partial charge is 0.379 e. The Morgan fingerprint density at radius 3 is 2.53 bits per heavy atom. The lowest BCUT2D eigenvalue weighted by Gasteiger charge is -2.39. The quantitative estimate of drug-likeness (QED) is 0.608. The van der Waals surface area contributed by atoms with Crippen LogP contribution in [0.5, 0.6) is 0 Å². The smallest absolute Gasteiger partial charge is 0.0824 e. The van der Waals surface area contributed by atoms with Crippen LogP contribution in [0.2, 0.25) is 0 Å². The number of hydrogen-bond acceptors (Lipinski definition) is 3. The van der Waals surface area contributed by atoms with Gasteiger partial charge in [0, 0.05) is 33.3 Å². The van der Waals surface area contributed by atoms with E-state index in [-0.39, 0.29) is 0 Å². The normalized spacial score (nSPS) is 18.4. The second-order valence-electron chi connectivity index (χ2n) is 4.41. The number of unbranched alkanes of at least 4 members (excludes halogenated alkanes) is 1. The fourth-order valence-corrected chi connectivity index (χ4v) is 1.95. The van der Waals surface area contributed by atoms with Crippen molar-refractivity contribution in [3.63, 3.8) is 0 Å². The molecule has 1 aliphatic heterocycles. The van der Waals surface area contributed by atoms with Gasteiger partial charge in [-0.1, -0.05) is 20.3 Å². The molecule has 1 fully saturated rings. The lowest BCUT2D eigenvalue weighted by Crippen LogP contribution is -2.53. The summed E-state index contributed by atoms with van der Waals surface area (Å²) >= 11 is 0. The number of methoxy groups -OCH3 is 1. The van der Waals surface area contributed by atoms with E-state index >= 15 is 0 Å². The molecule has 0 aromatic heterocycles. The molecule has 0 radical (unpaired) electrons. The van der Waals surface area contributed by atoms with Crippen LogP contribution < -0.4 is 0 Å². The van der Waals surface area contributed by atoms with E-state index in [2.05, 4.69) is 23.6 Å². The summed E-state index contributed by atoms with van der Waals surface area (Å²) in [7, 11) is 1.81. The molecule has 0 saturated carbocycles. The number of likely N-dealkylation sites (tertiary alicyclic amines) is 1. The second kappa shape index (κ2) is 7.20. The highest BCUT2D eigenvalue weighted by Gasteiger charge is 2.25. The van der Waals surface area contributed by atoms with E-state index in [9.17, 15) is 0 Å². The van der Waals surface area contributed by atoms with Crippen LogP contribution >= 0.6 is 0 Å². The molecule has 0 aromatic rings. The van der Waals surface area contributed by atoms with Crippen LogP contribution in [0.15, 0.2) is 0 Å². The van der Waals surface area contributed by atoms with E-state index in [0.717, 1.165) is 13.1 Å². The van der Waals surface area contributed by atoms with Crippen molar-refractivity contribution in [3.05, 3.63) is 0 Å². The Balaban J connectivity index is 2.02. The number of rotatable bonds is 8. The molecule has 0 spiro atoms. The van der Waals surface area contributed by atoms with Gasteiger partial charge in [0.25, 0.3) is 0 Å². The van der Waals surface area contributed by atoms with Crippen LogP contribution in [0.3, 0.4) is 0 Å². The minimum absolute atomic E-state index is 0.496. The molecule has 3 heteroatoms. The molecule has 3 nitrogen and oxygen atoms in total. The van der Waals surface area contributed by atoms with Gasteiger partial charge in [0.1, 0.15) is 0 Å². The first-order chi connectivity index (χ1) is 7.30. The molecule has 0 bridgehead atoms. The van der Waals surface area contributed by atoms with E-state index in [1.165, 1.54) is 39.0 Å². The molecule has 90 valence electrons. The van der Waals surface area contributed by atoms with Gasteiger partial charge >= 0.3 is 0 Å². The van der Waals surface area contributed by atoms with E-state index in [0.29, 0.717) is 6.10 Å². The summed E-state index contributed by atoms with van der Waals surface area (Å²) in [6, 6.07) is 0. The monoisotopic (exact) mass is 214 g/mol. The predicted octanol–water partition coefficient (Wildman–Crippen LogP) is 1.44. The molecule has 0 unspecified atom stereocenters. The van der Waals surface area contributed by atoms with Gasteiger partial charge in [0.15, 0.2) is 0 Å². The maximum absolute atomic E-state index is 5.26. The number of likely N-dealkylation sites (N-methyl/N-ethyl adjacent to an activating group) is 1. The average molecular weight is 214 g/mol. The van der Waals surface area contributed by atoms with Gasteiger partial charge < -0.3 is 9.64 Å². The van der Waals surface area contributed by atoms with Crippen LogP contribution in [0, 0.1) is 0 Å². The first kappa shape index (κ1) is 12.9. The molecule has 0 aliphatic carbocycles. The van der Waals surface area contributed by atoms with Gasteiger partial charge in [-0.25, -0.2) is 0 Å². The third-order valence-corrected chi connectivity index (χ3v) is 3.26. The van der Waals surface area contributed by atoms with Crippen molar-refractivity contribution >= 4 is 0 Å². The predicted molar refractivity (Wildman–Crippen MR) is 64.3 cm³/mol. The summed E-state index contributed by atoms with van der Waals surface area (Å²) in [5, 5.41) is 0. The van der Waals surface area contributed by atoms with Gasteiger partial charge in [0.05, 0.1) is 6.10 Å². The summed E-state index contributed by atoms with van der Waals surface area (Å²) in [6.07, 6.45) is 3.12. The standard InChI is InChI=1S/C12H26N2O/c1-4-6-7-13(5-2)8-9-14-10-12(11-14)15-3/h12H,4-11H2,1-3H3. The lowest BCUT2D eigenvalue weighted by atomic mass is 10.1. The maximum Gasteiger partial charge on any atom is 0.0824 e. The summed E-state index contributed by atoms with van der Waals surface area (Å²) in [4.78, 5) is 5.02. The van der Waals surface area contributed by atoms with Gasteiger partial charge in [-0.2, -0.15) is 0 Å². The molecule has 1 saturated heterocycles. The SMILES string of the molecule is CCCCN(CC)CCN1CC(OC)C1. The molecule has 15 heavy (non-hydrogen) atoms. The number of ether oxygens (including phenoxy) is 1. The summed E-state index contributed by atoms with van der Waals surface area (Å²) in [5.74, 6) is 0. The third-order valence-electron chi connectivity index (χ3n) is 3.26. The van der Waals surface area contributed by atoms with Gasteiger partial charge in [-0.15, -0.1) is 0 Å². The van der Waals surface area contributed by atoms with Crippen molar-refractivity contribution in [3.8, 4) is 0 Å². The minimum atomic E-state index is 0.496. The molecule has 0 N–H and O–H groups in total. The van der Waals surface area contributed by atoms with E-state index in [1.807, 2.05) is 7.11 Å². The molecule has 1 heterocycles. The van der Waals surface area contributed by atoms with Crippen molar-refractivity contribution in [2.75, 3.05) is 46.4 Å². The Bertz CT molecular complexity index is 158. The molecular weight excluding hydrogens is 188 g/mol.